The minimum atomic E-state index is -3.61. The summed E-state index contributed by atoms with van der Waals surface area (Å²) in [5, 5.41) is 7.51. The smallest absolute Gasteiger partial charge is 0.261 e. The van der Waals surface area contributed by atoms with Crippen molar-refractivity contribution in [1.29, 1.82) is 0 Å². The highest BCUT2D eigenvalue weighted by Crippen LogP contribution is 2.24. The molecule has 1 atom stereocenters. The third-order valence-corrected chi connectivity index (χ3v) is 6.06. The number of likely N-dealkylation sites (N-methyl/N-ethyl adjacent to an activating group) is 1. The Bertz CT molecular complexity index is 532. The van der Waals surface area contributed by atoms with Crippen molar-refractivity contribution in [2.75, 3.05) is 19.6 Å². The highest BCUT2D eigenvalue weighted by atomic mass is 35.5. The van der Waals surface area contributed by atoms with Gasteiger partial charge in [-0.15, -0.1) is 0 Å². The maximum absolute atomic E-state index is 12.7. The zero-order valence-corrected chi connectivity index (χ0v) is 13.4. The van der Waals surface area contributed by atoms with Crippen LogP contribution in [0, 0.1) is 0 Å². The van der Waals surface area contributed by atoms with Gasteiger partial charge in [0.15, 0.2) is 5.03 Å². The van der Waals surface area contributed by atoms with Gasteiger partial charge in [0.1, 0.15) is 0 Å². The van der Waals surface area contributed by atoms with Gasteiger partial charge >= 0.3 is 0 Å². The van der Waals surface area contributed by atoms with Crippen molar-refractivity contribution in [1.82, 2.24) is 19.4 Å². The molecule has 1 aromatic rings. The van der Waals surface area contributed by atoms with E-state index in [0.717, 1.165) is 25.8 Å². The molecule has 1 N–H and O–H groups in total. The van der Waals surface area contributed by atoms with E-state index in [-0.39, 0.29) is 16.1 Å². The van der Waals surface area contributed by atoms with Crippen LogP contribution in [-0.2, 0) is 17.1 Å². The molecule has 1 fully saturated rings. The van der Waals surface area contributed by atoms with Crippen LogP contribution in [0.15, 0.2) is 11.2 Å². The van der Waals surface area contributed by atoms with Gasteiger partial charge in [0, 0.05) is 26.2 Å². The molecule has 1 saturated heterocycles. The lowest BCUT2D eigenvalue weighted by Gasteiger charge is -2.29. The number of halogens is 1. The quantitative estimate of drug-likeness (QED) is 0.886. The standard InChI is InChI=1S/C12H21ClN4O2S/c1-3-17(9-10-6-4-5-7-14-10)20(18,19)12-11(13)8-15-16(12)2/h8,10,14H,3-7,9H2,1-2H3. The van der Waals surface area contributed by atoms with E-state index in [1.807, 2.05) is 6.92 Å². The molecule has 1 unspecified atom stereocenters. The van der Waals surface area contributed by atoms with Crippen LogP contribution in [0.25, 0.3) is 0 Å². The number of hydrogen-bond donors (Lipinski definition) is 1. The summed E-state index contributed by atoms with van der Waals surface area (Å²) in [5.41, 5.74) is 0. The molecule has 0 amide bonds. The fourth-order valence-corrected chi connectivity index (χ4v) is 4.63. The fraction of sp³-hybridized carbons (Fsp3) is 0.750. The SMILES string of the molecule is CCN(CC1CCCCN1)S(=O)(=O)c1c(Cl)cnn1C. The predicted octanol–water partition coefficient (Wildman–Crippen LogP) is 1.23. The van der Waals surface area contributed by atoms with Crippen LogP contribution in [0.5, 0.6) is 0 Å². The molecule has 20 heavy (non-hydrogen) atoms. The van der Waals surface area contributed by atoms with Crippen LogP contribution >= 0.6 is 11.6 Å². The van der Waals surface area contributed by atoms with Gasteiger partial charge in [0.25, 0.3) is 10.0 Å². The molecule has 2 heterocycles. The molecule has 0 aromatic carbocycles. The van der Waals surface area contributed by atoms with E-state index in [4.69, 9.17) is 11.6 Å². The summed E-state index contributed by atoms with van der Waals surface area (Å²) in [6, 6.07) is 0.213. The summed E-state index contributed by atoms with van der Waals surface area (Å²) in [5.74, 6) is 0. The molecule has 114 valence electrons. The maximum Gasteiger partial charge on any atom is 0.261 e. The highest BCUT2D eigenvalue weighted by molar-refractivity contribution is 7.89. The normalized spacial score (nSPS) is 20.5. The number of aryl methyl sites for hydroxylation is 1. The third kappa shape index (κ3) is 3.16. The Kier molecular flexibility index (Phi) is 5.06. The number of nitrogens with zero attached hydrogens (tertiary/aromatic N) is 3. The van der Waals surface area contributed by atoms with E-state index in [0.29, 0.717) is 13.1 Å². The van der Waals surface area contributed by atoms with Crippen LogP contribution in [-0.4, -0.2) is 48.2 Å². The zero-order chi connectivity index (χ0) is 14.8. The van der Waals surface area contributed by atoms with Gasteiger partial charge < -0.3 is 5.32 Å². The summed E-state index contributed by atoms with van der Waals surface area (Å²) in [4.78, 5) is 0. The first-order chi connectivity index (χ1) is 9.46. The van der Waals surface area contributed by atoms with E-state index in [2.05, 4.69) is 10.4 Å². The van der Waals surface area contributed by atoms with Crippen LogP contribution in [0.3, 0.4) is 0 Å². The van der Waals surface area contributed by atoms with E-state index >= 15 is 0 Å². The van der Waals surface area contributed by atoms with Crippen molar-refractivity contribution in [3.8, 4) is 0 Å². The minimum Gasteiger partial charge on any atom is -0.313 e. The molecule has 2 rings (SSSR count). The third-order valence-electron chi connectivity index (χ3n) is 3.62. The van der Waals surface area contributed by atoms with Crippen molar-refractivity contribution >= 4 is 21.6 Å². The Morgan fingerprint density at radius 3 is 2.80 bits per heavy atom. The van der Waals surface area contributed by atoms with Crippen molar-refractivity contribution in [3.63, 3.8) is 0 Å². The Labute approximate surface area is 125 Å². The molecule has 0 saturated carbocycles. The van der Waals surface area contributed by atoms with Gasteiger partial charge in [0.05, 0.1) is 11.2 Å². The summed E-state index contributed by atoms with van der Waals surface area (Å²) < 4.78 is 28.2. The second-order valence-electron chi connectivity index (χ2n) is 5.02. The van der Waals surface area contributed by atoms with Crippen molar-refractivity contribution < 1.29 is 8.42 Å². The summed E-state index contributed by atoms with van der Waals surface area (Å²) in [6.07, 6.45) is 4.66. The lowest BCUT2D eigenvalue weighted by Crippen LogP contribution is -2.46. The lowest BCUT2D eigenvalue weighted by molar-refractivity contribution is 0.318. The van der Waals surface area contributed by atoms with Crippen LogP contribution in [0.4, 0.5) is 0 Å². The Balaban J connectivity index is 2.21. The van der Waals surface area contributed by atoms with Gasteiger partial charge in [0.2, 0.25) is 0 Å². The molecule has 6 nitrogen and oxygen atoms in total. The summed E-state index contributed by atoms with van der Waals surface area (Å²) >= 11 is 5.97. The van der Waals surface area contributed by atoms with Gasteiger partial charge in [-0.25, -0.2) is 8.42 Å². The van der Waals surface area contributed by atoms with Crippen LogP contribution in [0.1, 0.15) is 26.2 Å². The molecule has 8 heteroatoms. The fourth-order valence-electron chi connectivity index (χ4n) is 2.53. The van der Waals surface area contributed by atoms with Gasteiger partial charge in [-0.3, -0.25) is 4.68 Å². The minimum absolute atomic E-state index is 0.0665. The second-order valence-corrected chi connectivity index (χ2v) is 7.28. The number of nitrogens with one attached hydrogen (secondary N) is 1. The highest BCUT2D eigenvalue weighted by Gasteiger charge is 2.31. The van der Waals surface area contributed by atoms with E-state index in [1.54, 1.807) is 7.05 Å². The number of hydrogen-bond acceptors (Lipinski definition) is 4. The average Bonchev–Trinajstić information content (AvgIpc) is 2.77. The zero-order valence-electron chi connectivity index (χ0n) is 11.8. The van der Waals surface area contributed by atoms with E-state index < -0.39 is 10.0 Å². The molecule has 0 bridgehead atoms. The molecule has 0 radical (unpaired) electrons. The van der Waals surface area contributed by atoms with Crippen molar-refractivity contribution in [2.24, 2.45) is 7.05 Å². The van der Waals surface area contributed by atoms with Crippen molar-refractivity contribution in [3.05, 3.63) is 11.2 Å². The van der Waals surface area contributed by atoms with E-state index in [9.17, 15) is 8.42 Å². The van der Waals surface area contributed by atoms with Gasteiger partial charge in [-0.1, -0.05) is 24.9 Å². The Morgan fingerprint density at radius 2 is 2.30 bits per heavy atom. The van der Waals surface area contributed by atoms with Gasteiger partial charge in [-0.2, -0.15) is 9.40 Å². The van der Waals surface area contributed by atoms with Crippen molar-refractivity contribution in [2.45, 2.75) is 37.3 Å². The predicted molar refractivity (Wildman–Crippen MR) is 78.3 cm³/mol. The van der Waals surface area contributed by atoms with Crippen LogP contribution < -0.4 is 5.32 Å². The molecule has 1 aliphatic rings. The molecule has 1 aromatic heterocycles. The Hall–Kier alpha value is -0.630. The first-order valence-corrected chi connectivity index (χ1v) is 8.69. The first kappa shape index (κ1) is 15.8. The number of rotatable bonds is 5. The number of aromatic nitrogens is 2. The monoisotopic (exact) mass is 320 g/mol. The molecule has 0 aliphatic carbocycles. The molecule has 0 spiro atoms. The second kappa shape index (κ2) is 6.43. The topological polar surface area (TPSA) is 67.2 Å². The van der Waals surface area contributed by atoms with Crippen LogP contribution in [0.2, 0.25) is 5.02 Å². The molecule has 1 aliphatic heterocycles. The van der Waals surface area contributed by atoms with Gasteiger partial charge in [-0.05, 0) is 19.4 Å². The Morgan fingerprint density at radius 1 is 1.55 bits per heavy atom. The largest absolute Gasteiger partial charge is 0.313 e. The molecular formula is C12H21ClN4O2S. The summed E-state index contributed by atoms with van der Waals surface area (Å²) in [7, 11) is -2.02. The van der Waals surface area contributed by atoms with E-state index in [1.165, 1.54) is 15.2 Å². The first-order valence-electron chi connectivity index (χ1n) is 6.87. The lowest BCUT2D eigenvalue weighted by atomic mass is 10.1. The molecular weight excluding hydrogens is 300 g/mol. The summed E-state index contributed by atoms with van der Waals surface area (Å²) in [6.45, 7) is 3.68. The average molecular weight is 321 g/mol. The number of sulfonamides is 1. The maximum atomic E-state index is 12.7. The number of piperidine rings is 1.